The second-order valence-corrected chi connectivity index (χ2v) is 5.77. The summed E-state index contributed by atoms with van der Waals surface area (Å²) in [7, 11) is 0. The molecule has 4 heteroatoms. The van der Waals surface area contributed by atoms with E-state index >= 15 is 0 Å². The van der Waals surface area contributed by atoms with Crippen LogP contribution in [0.25, 0.3) is 0 Å². The van der Waals surface area contributed by atoms with Crippen molar-refractivity contribution >= 4 is 29.5 Å². The second kappa shape index (κ2) is 5.47. The van der Waals surface area contributed by atoms with Crippen LogP contribution in [-0.4, -0.2) is 22.6 Å². The third-order valence-electron chi connectivity index (χ3n) is 1.78. The van der Waals surface area contributed by atoms with Crippen LogP contribution in [0.5, 0.6) is 0 Å². The zero-order chi connectivity index (χ0) is 11.4. The topological polar surface area (TPSA) is 37.3 Å². The Labute approximate surface area is 98.5 Å². The Bertz CT molecular complexity index is 362. The van der Waals surface area contributed by atoms with Crippen LogP contribution in [0, 0.1) is 0 Å². The molecule has 0 spiro atoms. The molecule has 2 nitrogen and oxygen atoms in total. The molecule has 0 heterocycles. The van der Waals surface area contributed by atoms with Crippen molar-refractivity contribution in [2.45, 2.75) is 28.9 Å². The Hall–Kier alpha value is -0.610. The van der Waals surface area contributed by atoms with Crippen LogP contribution in [0.2, 0.25) is 0 Å². The Morgan fingerprint density at radius 3 is 2.40 bits per heavy atom. The molecule has 0 unspecified atom stereocenters. The molecule has 0 saturated carbocycles. The third kappa shape index (κ3) is 3.18. The van der Waals surface area contributed by atoms with Gasteiger partial charge in [-0.05, 0) is 18.4 Å². The van der Waals surface area contributed by atoms with Crippen molar-refractivity contribution in [2.24, 2.45) is 0 Å². The molecule has 82 valence electrons. The van der Waals surface area contributed by atoms with Crippen molar-refractivity contribution in [1.82, 2.24) is 0 Å². The first-order valence-corrected chi connectivity index (χ1v) is 6.73. The van der Waals surface area contributed by atoms with Gasteiger partial charge in [-0.25, -0.2) is 4.79 Å². The van der Waals surface area contributed by atoms with Gasteiger partial charge in [-0.3, -0.25) is 0 Å². The van der Waals surface area contributed by atoms with E-state index in [1.807, 2.05) is 24.5 Å². The number of aromatic carboxylic acids is 1. The van der Waals surface area contributed by atoms with Gasteiger partial charge in [-0.1, -0.05) is 19.9 Å². The molecule has 0 saturated heterocycles. The lowest BCUT2D eigenvalue weighted by Crippen LogP contribution is -2.02. The summed E-state index contributed by atoms with van der Waals surface area (Å²) in [4.78, 5) is 12.8. The summed E-state index contributed by atoms with van der Waals surface area (Å²) >= 11 is 3.06. The molecule has 0 radical (unpaired) electrons. The zero-order valence-electron chi connectivity index (χ0n) is 8.98. The maximum atomic E-state index is 11.2. The third-order valence-corrected chi connectivity index (χ3v) is 3.63. The number of thioether (sulfide) groups is 2. The van der Waals surface area contributed by atoms with Gasteiger partial charge in [0.2, 0.25) is 0 Å². The highest BCUT2D eigenvalue weighted by atomic mass is 32.2. The van der Waals surface area contributed by atoms with Gasteiger partial charge in [0.05, 0.1) is 5.56 Å². The van der Waals surface area contributed by atoms with Crippen LogP contribution in [0.4, 0.5) is 0 Å². The molecule has 1 rings (SSSR count). The smallest absolute Gasteiger partial charge is 0.337 e. The van der Waals surface area contributed by atoms with Gasteiger partial charge in [0.15, 0.2) is 0 Å². The van der Waals surface area contributed by atoms with Gasteiger partial charge in [0.1, 0.15) is 0 Å². The maximum Gasteiger partial charge on any atom is 0.337 e. The first kappa shape index (κ1) is 12.5. The Kier molecular flexibility index (Phi) is 4.54. The first-order chi connectivity index (χ1) is 7.06. The van der Waals surface area contributed by atoms with E-state index in [1.165, 1.54) is 11.8 Å². The minimum Gasteiger partial charge on any atom is -0.478 e. The second-order valence-electron chi connectivity index (χ2n) is 3.31. The Morgan fingerprint density at radius 2 is 1.93 bits per heavy atom. The summed E-state index contributed by atoms with van der Waals surface area (Å²) in [5.41, 5.74) is 0.434. The zero-order valence-corrected chi connectivity index (χ0v) is 10.6. The van der Waals surface area contributed by atoms with Crippen molar-refractivity contribution in [3.63, 3.8) is 0 Å². The number of hydrogen-bond acceptors (Lipinski definition) is 3. The summed E-state index contributed by atoms with van der Waals surface area (Å²) in [6.45, 7) is 4.12. The van der Waals surface area contributed by atoms with Crippen molar-refractivity contribution in [2.75, 3.05) is 6.26 Å². The monoisotopic (exact) mass is 242 g/mol. The van der Waals surface area contributed by atoms with Crippen LogP contribution in [0.1, 0.15) is 24.2 Å². The molecule has 0 aliphatic rings. The van der Waals surface area contributed by atoms with E-state index in [1.54, 1.807) is 11.8 Å². The average molecular weight is 242 g/mol. The van der Waals surface area contributed by atoms with Crippen LogP contribution in [-0.2, 0) is 0 Å². The molecule has 0 bridgehead atoms. The van der Waals surface area contributed by atoms with E-state index in [2.05, 4.69) is 13.8 Å². The molecule has 15 heavy (non-hydrogen) atoms. The highest BCUT2D eigenvalue weighted by Gasteiger charge is 2.15. The van der Waals surface area contributed by atoms with Gasteiger partial charge in [0, 0.05) is 15.0 Å². The van der Waals surface area contributed by atoms with E-state index in [4.69, 9.17) is 5.11 Å². The highest BCUT2D eigenvalue weighted by Crippen LogP contribution is 2.32. The minimum atomic E-state index is -0.844. The molecule has 1 N–H and O–H groups in total. The average Bonchev–Trinajstić information content (AvgIpc) is 2.15. The SMILES string of the molecule is CSc1cccc(SC(C)C)c1C(=O)O. The Morgan fingerprint density at radius 1 is 1.33 bits per heavy atom. The number of carboxylic acid groups (broad SMARTS) is 1. The number of carbonyl (C=O) groups is 1. The van der Waals surface area contributed by atoms with E-state index < -0.39 is 5.97 Å². The fraction of sp³-hybridized carbons (Fsp3) is 0.364. The first-order valence-electron chi connectivity index (χ1n) is 4.63. The normalized spacial score (nSPS) is 10.7. The molecule has 1 aromatic carbocycles. The van der Waals surface area contributed by atoms with E-state index in [9.17, 15) is 4.79 Å². The number of hydrogen-bond donors (Lipinski definition) is 1. The number of rotatable bonds is 4. The molecular formula is C11H14O2S2. The number of carboxylic acids is 1. The van der Waals surface area contributed by atoms with E-state index in [0.717, 1.165) is 9.79 Å². The van der Waals surface area contributed by atoms with Gasteiger partial charge in [-0.15, -0.1) is 23.5 Å². The van der Waals surface area contributed by atoms with Crippen molar-refractivity contribution in [3.8, 4) is 0 Å². The molecular weight excluding hydrogens is 228 g/mol. The largest absolute Gasteiger partial charge is 0.478 e. The van der Waals surface area contributed by atoms with E-state index in [0.29, 0.717) is 10.8 Å². The molecule has 0 aromatic heterocycles. The lowest BCUT2D eigenvalue weighted by Gasteiger charge is -2.11. The summed E-state index contributed by atoms with van der Waals surface area (Å²) in [6, 6.07) is 5.62. The lowest BCUT2D eigenvalue weighted by molar-refractivity contribution is 0.0689. The van der Waals surface area contributed by atoms with Gasteiger partial charge in [-0.2, -0.15) is 0 Å². The van der Waals surface area contributed by atoms with Crippen molar-refractivity contribution in [3.05, 3.63) is 23.8 Å². The van der Waals surface area contributed by atoms with E-state index in [-0.39, 0.29) is 0 Å². The summed E-state index contributed by atoms with van der Waals surface area (Å²) in [5.74, 6) is -0.844. The molecule has 0 aliphatic carbocycles. The fourth-order valence-electron chi connectivity index (χ4n) is 1.24. The summed E-state index contributed by atoms with van der Waals surface area (Å²) in [6.07, 6.45) is 1.89. The van der Waals surface area contributed by atoms with Gasteiger partial charge < -0.3 is 5.11 Å². The predicted molar refractivity (Wildman–Crippen MR) is 66.2 cm³/mol. The molecule has 0 fully saturated rings. The maximum absolute atomic E-state index is 11.2. The van der Waals surface area contributed by atoms with Crippen molar-refractivity contribution < 1.29 is 9.90 Å². The highest BCUT2D eigenvalue weighted by molar-refractivity contribution is 8.00. The standard InChI is InChI=1S/C11H14O2S2/c1-7(2)15-9-6-4-5-8(14-3)10(9)11(12)13/h4-7H,1-3H3,(H,12,13). The predicted octanol–water partition coefficient (Wildman–Crippen LogP) is 3.61. The lowest BCUT2D eigenvalue weighted by atomic mass is 10.2. The quantitative estimate of drug-likeness (QED) is 0.818. The van der Waals surface area contributed by atoms with Crippen LogP contribution in [0.3, 0.4) is 0 Å². The number of benzene rings is 1. The molecule has 0 amide bonds. The fourth-order valence-corrected chi connectivity index (χ4v) is 2.90. The summed E-state index contributed by atoms with van der Waals surface area (Å²) in [5, 5.41) is 9.55. The van der Waals surface area contributed by atoms with Crippen molar-refractivity contribution in [1.29, 1.82) is 0 Å². The van der Waals surface area contributed by atoms with Crippen LogP contribution >= 0.6 is 23.5 Å². The minimum absolute atomic E-state index is 0.389. The molecule has 0 aliphatic heterocycles. The Balaban J connectivity index is 3.19. The molecule has 1 aromatic rings. The molecule has 0 atom stereocenters. The van der Waals surface area contributed by atoms with Gasteiger partial charge in [0.25, 0.3) is 0 Å². The van der Waals surface area contributed by atoms with Crippen LogP contribution in [0.15, 0.2) is 28.0 Å². The van der Waals surface area contributed by atoms with Crippen LogP contribution < -0.4 is 0 Å². The van der Waals surface area contributed by atoms with Gasteiger partial charge >= 0.3 is 5.97 Å². The summed E-state index contributed by atoms with van der Waals surface area (Å²) < 4.78 is 0.